The van der Waals surface area contributed by atoms with Gasteiger partial charge in [-0.05, 0) is 83.0 Å². The topological polar surface area (TPSA) is 59.8 Å². The number of nitrogens with zero attached hydrogens (tertiary/aromatic N) is 3. The molecule has 154 valence electrons. The van der Waals surface area contributed by atoms with Gasteiger partial charge in [-0.15, -0.1) is 10.2 Å². The zero-order valence-electron chi connectivity index (χ0n) is 17.3. The number of hydrogen-bond donors (Lipinski definition) is 1. The van der Waals surface area contributed by atoms with E-state index in [9.17, 15) is 4.79 Å². The Kier molecular flexibility index (Phi) is 4.96. The third-order valence-electron chi connectivity index (χ3n) is 7.85. The average molecular weight is 403 g/mol. The Bertz CT molecular complexity index is 704. The highest BCUT2D eigenvalue weighted by Crippen LogP contribution is 2.55. The average Bonchev–Trinajstić information content (AvgIpc) is 3.01. The van der Waals surface area contributed by atoms with E-state index in [1.54, 1.807) is 11.8 Å². The van der Waals surface area contributed by atoms with E-state index < -0.39 is 0 Å². The molecule has 5 saturated carbocycles. The molecule has 5 aliphatic carbocycles. The monoisotopic (exact) mass is 402 g/mol. The fourth-order valence-electron chi connectivity index (χ4n) is 7.03. The Morgan fingerprint density at radius 3 is 2.29 bits per heavy atom. The zero-order chi connectivity index (χ0) is 19.3. The molecule has 0 aromatic carbocycles. The van der Waals surface area contributed by atoms with E-state index >= 15 is 0 Å². The van der Waals surface area contributed by atoms with Crippen molar-refractivity contribution in [1.29, 1.82) is 0 Å². The van der Waals surface area contributed by atoms with Crippen LogP contribution in [0.2, 0.25) is 0 Å². The molecule has 5 fully saturated rings. The number of amides is 1. The maximum Gasteiger partial charge on any atom is 0.233 e. The smallest absolute Gasteiger partial charge is 0.233 e. The maximum atomic E-state index is 13.1. The summed E-state index contributed by atoms with van der Waals surface area (Å²) in [6, 6.07) is 0.504. The number of aryl methyl sites for hydroxylation is 1. The fraction of sp³-hybridized carbons (Fsp3) is 0.864. The first-order chi connectivity index (χ1) is 13.5. The van der Waals surface area contributed by atoms with Gasteiger partial charge < -0.3 is 9.88 Å². The van der Waals surface area contributed by atoms with E-state index in [2.05, 4.69) is 20.1 Å². The van der Waals surface area contributed by atoms with E-state index in [0.717, 1.165) is 28.7 Å². The Morgan fingerprint density at radius 1 is 1.07 bits per heavy atom. The quantitative estimate of drug-likeness (QED) is 0.728. The SMILES string of the molecule is Cc1nnc(SC(C)C(=O)NC23CC4CC(CC(C4)C2)C3)n1C1CCCCC1. The lowest BCUT2D eigenvalue weighted by Crippen LogP contribution is -2.60. The fourth-order valence-corrected chi connectivity index (χ4v) is 7.99. The Morgan fingerprint density at radius 2 is 1.68 bits per heavy atom. The zero-order valence-corrected chi connectivity index (χ0v) is 18.1. The molecule has 4 bridgehead atoms. The van der Waals surface area contributed by atoms with Crippen LogP contribution in [0, 0.1) is 24.7 Å². The highest BCUT2D eigenvalue weighted by atomic mass is 32.2. The number of carbonyl (C=O) groups excluding carboxylic acids is 1. The standard InChI is InChI=1S/C22H34N4OS/c1-14(28-21-25-24-15(2)26(21)19-6-4-3-5-7-19)20(27)23-22-11-16-8-17(12-22)10-18(9-16)13-22/h14,16-19H,3-13H2,1-2H3,(H,23,27). The van der Waals surface area contributed by atoms with Crippen molar-refractivity contribution in [3.63, 3.8) is 0 Å². The van der Waals surface area contributed by atoms with Crippen molar-refractivity contribution < 1.29 is 4.79 Å². The third-order valence-corrected chi connectivity index (χ3v) is 8.91. The minimum atomic E-state index is -0.126. The summed E-state index contributed by atoms with van der Waals surface area (Å²) in [7, 11) is 0. The summed E-state index contributed by atoms with van der Waals surface area (Å²) in [5.74, 6) is 3.75. The summed E-state index contributed by atoms with van der Waals surface area (Å²) in [5, 5.41) is 13.1. The third kappa shape index (κ3) is 3.50. The molecule has 1 atom stereocenters. The molecular weight excluding hydrogens is 368 g/mol. The summed E-state index contributed by atoms with van der Waals surface area (Å²) in [6.45, 7) is 4.08. The lowest BCUT2D eigenvalue weighted by Gasteiger charge is -2.57. The van der Waals surface area contributed by atoms with Gasteiger partial charge in [-0.2, -0.15) is 0 Å². The minimum Gasteiger partial charge on any atom is -0.350 e. The second kappa shape index (κ2) is 7.33. The molecule has 0 radical (unpaired) electrons. The molecular formula is C22H34N4OS. The largest absolute Gasteiger partial charge is 0.350 e. The van der Waals surface area contributed by atoms with Crippen LogP contribution < -0.4 is 5.32 Å². The van der Waals surface area contributed by atoms with Gasteiger partial charge in [0.25, 0.3) is 0 Å². The summed E-state index contributed by atoms with van der Waals surface area (Å²) in [6.07, 6.45) is 14.2. The van der Waals surface area contributed by atoms with Crippen molar-refractivity contribution in [3.8, 4) is 0 Å². The number of thioether (sulfide) groups is 1. The molecule has 5 aliphatic rings. The van der Waals surface area contributed by atoms with E-state index in [0.29, 0.717) is 6.04 Å². The Balaban J connectivity index is 1.26. The minimum absolute atomic E-state index is 0.0909. The molecule has 6 rings (SSSR count). The van der Waals surface area contributed by atoms with Crippen LogP contribution >= 0.6 is 11.8 Å². The van der Waals surface area contributed by atoms with Gasteiger partial charge in [0.2, 0.25) is 5.91 Å². The summed E-state index contributed by atoms with van der Waals surface area (Å²) in [4.78, 5) is 13.1. The highest BCUT2D eigenvalue weighted by Gasteiger charge is 2.51. The van der Waals surface area contributed by atoms with Gasteiger partial charge >= 0.3 is 0 Å². The molecule has 1 heterocycles. The Hall–Kier alpha value is -1.04. The number of hydrogen-bond acceptors (Lipinski definition) is 4. The van der Waals surface area contributed by atoms with Gasteiger partial charge in [0.05, 0.1) is 5.25 Å². The molecule has 1 unspecified atom stereocenters. The number of carbonyl (C=O) groups is 1. The maximum absolute atomic E-state index is 13.1. The van der Waals surface area contributed by atoms with Crippen molar-refractivity contribution >= 4 is 17.7 Å². The van der Waals surface area contributed by atoms with Crippen LogP contribution in [0.3, 0.4) is 0 Å². The molecule has 1 aromatic rings. The van der Waals surface area contributed by atoms with Crippen LogP contribution in [0.4, 0.5) is 0 Å². The van der Waals surface area contributed by atoms with Crippen molar-refractivity contribution in [2.75, 3.05) is 0 Å². The molecule has 1 amide bonds. The summed E-state index contributed by atoms with van der Waals surface area (Å²) < 4.78 is 2.30. The van der Waals surface area contributed by atoms with Gasteiger partial charge in [-0.1, -0.05) is 31.0 Å². The van der Waals surface area contributed by atoms with E-state index in [4.69, 9.17) is 0 Å². The lowest BCUT2D eigenvalue weighted by atomic mass is 9.53. The van der Waals surface area contributed by atoms with Crippen LogP contribution in [-0.2, 0) is 4.79 Å². The first kappa shape index (κ1) is 19.0. The van der Waals surface area contributed by atoms with Crippen LogP contribution in [-0.4, -0.2) is 31.5 Å². The predicted octanol–water partition coefficient (Wildman–Crippen LogP) is 4.66. The van der Waals surface area contributed by atoms with Gasteiger partial charge in [0, 0.05) is 11.6 Å². The van der Waals surface area contributed by atoms with Gasteiger partial charge in [0.15, 0.2) is 5.16 Å². The number of aromatic nitrogens is 3. The second-order valence-electron chi connectivity index (χ2n) is 10.1. The van der Waals surface area contributed by atoms with Crippen LogP contribution in [0.1, 0.15) is 89.4 Å². The van der Waals surface area contributed by atoms with Crippen LogP contribution in [0.15, 0.2) is 5.16 Å². The van der Waals surface area contributed by atoms with Crippen molar-refractivity contribution in [3.05, 3.63) is 5.82 Å². The normalized spacial score (nSPS) is 35.9. The molecule has 28 heavy (non-hydrogen) atoms. The van der Waals surface area contributed by atoms with Gasteiger partial charge in [-0.25, -0.2) is 0 Å². The van der Waals surface area contributed by atoms with Crippen molar-refractivity contribution in [2.24, 2.45) is 17.8 Å². The van der Waals surface area contributed by atoms with Crippen molar-refractivity contribution in [2.45, 2.75) is 106 Å². The van der Waals surface area contributed by atoms with Crippen molar-refractivity contribution in [1.82, 2.24) is 20.1 Å². The first-order valence-electron chi connectivity index (χ1n) is 11.4. The predicted molar refractivity (Wildman–Crippen MR) is 111 cm³/mol. The van der Waals surface area contributed by atoms with Crippen LogP contribution in [0.5, 0.6) is 0 Å². The molecule has 1 aromatic heterocycles. The number of rotatable bonds is 5. The van der Waals surface area contributed by atoms with Crippen LogP contribution in [0.25, 0.3) is 0 Å². The number of nitrogens with one attached hydrogen (secondary N) is 1. The van der Waals surface area contributed by atoms with E-state index in [1.165, 1.54) is 70.6 Å². The highest BCUT2D eigenvalue weighted by molar-refractivity contribution is 8.00. The molecule has 0 aliphatic heterocycles. The second-order valence-corrected chi connectivity index (χ2v) is 11.4. The molecule has 5 nitrogen and oxygen atoms in total. The van der Waals surface area contributed by atoms with Gasteiger partial charge in [-0.3, -0.25) is 4.79 Å². The van der Waals surface area contributed by atoms with E-state index in [1.807, 2.05) is 13.8 Å². The molecule has 6 heteroatoms. The first-order valence-corrected chi connectivity index (χ1v) is 12.3. The Labute approximate surface area is 172 Å². The van der Waals surface area contributed by atoms with Gasteiger partial charge in [0.1, 0.15) is 5.82 Å². The molecule has 0 saturated heterocycles. The molecule has 0 spiro atoms. The summed E-state index contributed by atoms with van der Waals surface area (Å²) in [5.41, 5.74) is 0.0909. The van der Waals surface area contributed by atoms with E-state index in [-0.39, 0.29) is 16.7 Å². The molecule has 1 N–H and O–H groups in total. The lowest BCUT2D eigenvalue weighted by molar-refractivity contribution is -0.126. The summed E-state index contributed by atoms with van der Waals surface area (Å²) >= 11 is 1.60.